The van der Waals surface area contributed by atoms with Crippen LogP contribution in [-0.4, -0.2) is 60.3 Å². The second-order valence-corrected chi connectivity index (χ2v) is 10.3. The number of benzene rings is 1. The minimum atomic E-state index is -2.94. The standard InChI is InChI=1S/C17H21N3O3S2/c1-11-4-5-12(16(21)20-6-2-3-7-20)8-13(11)18-17-19-14-9-25(22,23)10-15(14)24-17/h4-5,8,14-15H,2-3,6-7,9-10H2,1H3,(H,18,19)/t14-,15-/m0/s1. The second-order valence-electron chi connectivity index (χ2n) is 6.89. The molecule has 0 saturated carbocycles. The third-order valence-corrected chi connectivity index (χ3v) is 8.08. The molecule has 3 aliphatic heterocycles. The van der Waals surface area contributed by atoms with Crippen molar-refractivity contribution >= 4 is 38.4 Å². The van der Waals surface area contributed by atoms with E-state index in [0.717, 1.165) is 42.3 Å². The average molecular weight is 380 g/mol. The molecule has 2 atom stereocenters. The summed E-state index contributed by atoms with van der Waals surface area (Å²) in [6.07, 6.45) is 2.14. The van der Waals surface area contributed by atoms with Crippen LogP contribution in [0.5, 0.6) is 0 Å². The number of hydrogen-bond donors (Lipinski definition) is 1. The van der Waals surface area contributed by atoms with Crippen molar-refractivity contribution in [1.29, 1.82) is 0 Å². The van der Waals surface area contributed by atoms with Gasteiger partial charge in [-0.25, -0.2) is 8.42 Å². The first-order valence-electron chi connectivity index (χ1n) is 8.53. The summed E-state index contributed by atoms with van der Waals surface area (Å²) in [4.78, 5) is 19.0. The maximum Gasteiger partial charge on any atom is 0.253 e. The number of aryl methyl sites for hydroxylation is 1. The van der Waals surface area contributed by atoms with Gasteiger partial charge in [-0.2, -0.15) is 0 Å². The van der Waals surface area contributed by atoms with Crippen LogP contribution < -0.4 is 5.32 Å². The highest BCUT2D eigenvalue weighted by Gasteiger charge is 2.42. The van der Waals surface area contributed by atoms with E-state index >= 15 is 0 Å². The number of fused-ring (bicyclic) bond motifs is 1. The van der Waals surface area contributed by atoms with E-state index in [9.17, 15) is 13.2 Å². The van der Waals surface area contributed by atoms with E-state index in [1.54, 1.807) is 0 Å². The quantitative estimate of drug-likeness (QED) is 0.849. The van der Waals surface area contributed by atoms with Crippen LogP contribution in [0.25, 0.3) is 0 Å². The molecule has 134 valence electrons. The van der Waals surface area contributed by atoms with Gasteiger partial charge in [-0.1, -0.05) is 17.8 Å². The number of carbonyl (C=O) groups is 1. The Morgan fingerprint density at radius 1 is 1.28 bits per heavy atom. The summed E-state index contributed by atoms with van der Waals surface area (Å²) in [5, 5.41) is 4.06. The number of thioether (sulfide) groups is 1. The zero-order valence-electron chi connectivity index (χ0n) is 14.1. The molecule has 4 rings (SSSR count). The number of nitrogens with one attached hydrogen (secondary N) is 1. The highest BCUT2D eigenvalue weighted by atomic mass is 32.2. The van der Waals surface area contributed by atoms with E-state index in [1.165, 1.54) is 11.8 Å². The number of amides is 1. The predicted octanol–water partition coefficient (Wildman–Crippen LogP) is 1.91. The zero-order chi connectivity index (χ0) is 17.6. The molecule has 0 radical (unpaired) electrons. The molecule has 25 heavy (non-hydrogen) atoms. The zero-order valence-corrected chi connectivity index (χ0v) is 15.7. The van der Waals surface area contributed by atoms with Crippen molar-refractivity contribution in [3.63, 3.8) is 0 Å². The lowest BCUT2D eigenvalue weighted by Crippen LogP contribution is -2.27. The summed E-state index contributed by atoms with van der Waals surface area (Å²) in [6, 6.07) is 5.54. The smallest absolute Gasteiger partial charge is 0.253 e. The first-order chi connectivity index (χ1) is 11.9. The van der Waals surface area contributed by atoms with Gasteiger partial charge in [0.1, 0.15) is 0 Å². The lowest BCUT2D eigenvalue weighted by atomic mass is 10.1. The van der Waals surface area contributed by atoms with Crippen molar-refractivity contribution in [3.8, 4) is 0 Å². The van der Waals surface area contributed by atoms with Gasteiger partial charge in [0, 0.05) is 29.6 Å². The summed E-state index contributed by atoms with van der Waals surface area (Å²) < 4.78 is 23.3. The number of sulfone groups is 1. The summed E-state index contributed by atoms with van der Waals surface area (Å²) in [6.45, 7) is 3.64. The van der Waals surface area contributed by atoms with Gasteiger partial charge >= 0.3 is 0 Å². The number of carbonyl (C=O) groups excluding carboxylic acids is 1. The lowest BCUT2D eigenvalue weighted by Gasteiger charge is -2.17. The van der Waals surface area contributed by atoms with Crippen LogP contribution in [0, 0.1) is 6.92 Å². The van der Waals surface area contributed by atoms with Crippen molar-refractivity contribution in [1.82, 2.24) is 4.90 Å². The van der Waals surface area contributed by atoms with E-state index in [2.05, 4.69) is 10.3 Å². The van der Waals surface area contributed by atoms with Crippen molar-refractivity contribution in [2.45, 2.75) is 31.1 Å². The molecular formula is C17H21N3O3S2. The van der Waals surface area contributed by atoms with Gasteiger partial charge in [0.25, 0.3) is 5.91 Å². The predicted molar refractivity (Wildman–Crippen MR) is 101 cm³/mol. The molecule has 1 aromatic carbocycles. The Kier molecular flexibility index (Phi) is 4.27. The number of likely N-dealkylation sites (tertiary alicyclic amines) is 1. The largest absolute Gasteiger partial charge is 0.339 e. The molecule has 0 spiro atoms. The summed E-state index contributed by atoms with van der Waals surface area (Å²) in [5.74, 6) is 0.413. The summed E-state index contributed by atoms with van der Waals surface area (Å²) in [7, 11) is -2.94. The minimum Gasteiger partial charge on any atom is -0.339 e. The maximum atomic E-state index is 12.6. The molecule has 6 nitrogen and oxygen atoms in total. The fourth-order valence-electron chi connectivity index (χ4n) is 3.52. The Balaban J connectivity index is 1.51. The minimum absolute atomic E-state index is 0.0159. The Morgan fingerprint density at radius 2 is 2.04 bits per heavy atom. The van der Waals surface area contributed by atoms with E-state index < -0.39 is 9.84 Å². The molecule has 0 bridgehead atoms. The highest BCUT2D eigenvalue weighted by Crippen LogP contribution is 2.35. The van der Waals surface area contributed by atoms with Crippen LogP contribution in [0.15, 0.2) is 23.2 Å². The topological polar surface area (TPSA) is 78.8 Å². The molecule has 1 amide bonds. The molecule has 0 aromatic heterocycles. The molecule has 3 aliphatic rings. The van der Waals surface area contributed by atoms with Gasteiger partial charge in [0.2, 0.25) is 0 Å². The lowest BCUT2D eigenvalue weighted by molar-refractivity contribution is 0.0793. The van der Waals surface area contributed by atoms with Crippen LogP contribution in [0.1, 0.15) is 28.8 Å². The van der Waals surface area contributed by atoms with Gasteiger partial charge in [-0.3, -0.25) is 9.79 Å². The van der Waals surface area contributed by atoms with Gasteiger partial charge in [0.15, 0.2) is 15.0 Å². The fraction of sp³-hybridized carbons (Fsp3) is 0.529. The third kappa shape index (κ3) is 3.42. The Labute approximate surface area is 152 Å². The van der Waals surface area contributed by atoms with Crippen LogP contribution in [0.2, 0.25) is 0 Å². The normalized spacial score (nSPS) is 27.2. The van der Waals surface area contributed by atoms with E-state index in [1.807, 2.05) is 30.0 Å². The van der Waals surface area contributed by atoms with Gasteiger partial charge in [0.05, 0.1) is 17.5 Å². The first kappa shape index (κ1) is 16.9. The first-order valence-corrected chi connectivity index (χ1v) is 11.2. The monoisotopic (exact) mass is 379 g/mol. The molecular weight excluding hydrogens is 358 g/mol. The molecule has 1 N–H and O–H groups in total. The molecule has 1 aromatic rings. The van der Waals surface area contributed by atoms with Crippen molar-refractivity contribution in [2.24, 2.45) is 4.99 Å². The van der Waals surface area contributed by atoms with Crippen LogP contribution in [0.3, 0.4) is 0 Å². The second kappa shape index (κ2) is 6.32. The number of aliphatic imine (C=N–C) groups is 1. The number of anilines is 1. The van der Waals surface area contributed by atoms with Crippen LogP contribution >= 0.6 is 11.8 Å². The van der Waals surface area contributed by atoms with Gasteiger partial charge in [-0.05, 0) is 37.5 Å². The molecule has 0 unspecified atom stereocenters. The Hall–Kier alpha value is -1.54. The van der Waals surface area contributed by atoms with Crippen molar-refractivity contribution in [2.75, 3.05) is 29.9 Å². The Morgan fingerprint density at radius 3 is 2.76 bits per heavy atom. The number of amidine groups is 1. The fourth-order valence-corrected chi connectivity index (χ4v) is 7.19. The average Bonchev–Trinajstić information content (AvgIpc) is 3.23. The molecule has 3 heterocycles. The van der Waals surface area contributed by atoms with Gasteiger partial charge in [-0.15, -0.1) is 0 Å². The number of rotatable bonds is 2. The molecule has 0 aliphatic carbocycles. The highest BCUT2D eigenvalue weighted by molar-refractivity contribution is 8.15. The molecule has 2 saturated heterocycles. The maximum absolute atomic E-state index is 12.6. The van der Waals surface area contributed by atoms with Crippen LogP contribution in [-0.2, 0) is 9.84 Å². The third-order valence-electron chi connectivity index (χ3n) is 4.94. The summed E-state index contributed by atoms with van der Waals surface area (Å²) >= 11 is 1.49. The van der Waals surface area contributed by atoms with E-state index in [4.69, 9.17) is 0 Å². The van der Waals surface area contributed by atoms with E-state index in [0.29, 0.717) is 5.56 Å². The van der Waals surface area contributed by atoms with Gasteiger partial charge < -0.3 is 10.2 Å². The van der Waals surface area contributed by atoms with Crippen molar-refractivity contribution in [3.05, 3.63) is 29.3 Å². The number of hydrogen-bond acceptors (Lipinski definition) is 6. The molecule has 8 heteroatoms. The van der Waals surface area contributed by atoms with Crippen molar-refractivity contribution < 1.29 is 13.2 Å². The molecule has 2 fully saturated rings. The Bertz CT molecular complexity index is 845. The van der Waals surface area contributed by atoms with Crippen LogP contribution in [0.4, 0.5) is 5.69 Å². The summed E-state index contributed by atoms with van der Waals surface area (Å²) in [5.41, 5.74) is 2.58. The van der Waals surface area contributed by atoms with E-state index in [-0.39, 0.29) is 28.7 Å². The SMILES string of the molecule is Cc1ccc(C(=O)N2CCCC2)cc1NC1=N[C@H]2CS(=O)(=O)C[C@@H]2S1. The number of nitrogens with zero attached hydrogens (tertiary/aromatic N) is 2.